The van der Waals surface area contributed by atoms with Gasteiger partial charge in [0, 0.05) is 10.3 Å². The Hall–Kier alpha value is -2.18. The fourth-order valence-corrected chi connectivity index (χ4v) is 4.03. The average Bonchev–Trinajstić information content (AvgIpc) is 2.94. The molecule has 0 radical (unpaired) electrons. The van der Waals surface area contributed by atoms with E-state index in [4.69, 9.17) is 16.3 Å². The van der Waals surface area contributed by atoms with Crippen LogP contribution in [0.15, 0.2) is 35.1 Å². The summed E-state index contributed by atoms with van der Waals surface area (Å²) < 4.78 is 19.9. The zero-order chi connectivity index (χ0) is 18.1. The third kappa shape index (κ3) is 3.32. The van der Waals surface area contributed by atoms with Crippen molar-refractivity contribution in [2.24, 2.45) is 0 Å². The fraction of sp³-hybridized carbons (Fsp3) is 0.222. The number of aryl methyl sites for hydroxylation is 1. The topological polar surface area (TPSA) is 48.3 Å². The van der Waals surface area contributed by atoms with Gasteiger partial charge in [0.05, 0.1) is 18.2 Å². The Labute approximate surface area is 152 Å². The van der Waals surface area contributed by atoms with E-state index in [-0.39, 0.29) is 29.6 Å². The Bertz CT molecular complexity index is 1030. The molecule has 0 saturated heterocycles. The van der Waals surface area contributed by atoms with Crippen LogP contribution in [0.25, 0.3) is 10.2 Å². The zero-order valence-corrected chi connectivity index (χ0v) is 15.2. The normalized spacial score (nSPS) is 11.0. The number of hydrogen-bond donors (Lipinski definition) is 0. The number of carbonyl (C=O) groups is 1. The van der Waals surface area contributed by atoms with E-state index in [0.29, 0.717) is 15.8 Å². The second-order valence-electron chi connectivity index (χ2n) is 5.51. The number of halogens is 2. The van der Waals surface area contributed by atoms with Gasteiger partial charge in [0.1, 0.15) is 16.2 Å². The molecule has 0 aliphatic carbocycles. The standard InChI is InChI=1S/C18H15ClFNO3S/c1-3-24-18(23)14-15(19)13-7-10(2)25-17(13)21(16(14)22)9-11-5-4-6-12(20)8-11/h4-8H,3,9H2,1-2H3. The van der Waals surface area contributed by atoms with Crippen LogP contribution in [0.3, 0.4) is 0 Å². The number of pyridine rings is 1. The molecule has 0 N–H and O–H groups in total. The van der Waals surface area contributed by atoms with E-state index in [2.05, 4.69) is 0 Å². The van der Waals surface area contributed by atoms with Crippen molar-refractivity contribution in [3.05, 3.63) is 67.5 Å². The number of aromatic nitrogens is 1. The Balaban J connectivity index is 2.26. The summed E-state index contributed by atoms with van der Waals surface area (Å²) in [5.41, 5.74) is -0.112. The van der Waals surface area contributed by atoms with Crippen LogP contribution in [0.2, 0.25) is 5.02 Å². The molecule has 0 spiro atoms. The number of rotatable bonds is 4. The third-order valence-corrected chi connectivity index (χ3v) is 5.17. The average molecular weight is 380 g/mol. The first kappa shape index (κ1) is 17.6. The van der Waals surface area contributed by atoms with Gasteiger partial charge in [0.25, 0.3) is 5.56 Å². The summed E-state index contributed by atoms with van der Waals surface area (Å²) in [5, 5.41) is 0.710. The first-order chi connectivity index (χ1) is 11.9. The largest absolute Gasteiger partial charge is 0.462 e. The number of thiophene rings is 1. The predicted molar refractivity (Wildman–Crippen MR) is 97.3 cm³/mol. The summed E-state index contributed by atoms with van der Waals surface area (Å²) in [6.45, 7) is 3.82. The number of carbonyl (C=O) groups excluding carboxylic acids is 1. The van der Waals surface area contributed by atoms with E-state index in [1.807, 2.05) is 13.0 Å². The molecular formula is C18H15ClFNO3S. The van der Waals surface area contributed by atoms with Crippen molar-refractivity contribution < 1.29 is 13.9 Å². The van der Waals surface area contributed by atoms with Gasteiger partial charge >= 0.3 is 5.97 Å². The van der Waals surface area contributed by atoms with E-state index in [1.165, 1.54) is 28.0 Å². The molecule has 0 atom stereocenters. The smallest absolute Gasteiger partial charge is 0.345 e. The molecule has 2 heterocycles. The summed E-state index contributed by atoms with van der Waals surface area (Å²) in [6.07, 6.45) is 0. The lowest BCUT2D eigenvalue weighted by Crippen LogP contribution is -2.28. The molecular weight excluding hydrogens is 365 g/mol. The molecule has 130 valence electrons. The summed E-state index contributed by atoms with van der Waals surface area (Å²) in [6, 6.07) is 7.82. The Morgan fingerprint density at radius 3 is 2.80 bits per heavy atom. The van der Waals surface area contributed by atoms with Crippen molar-refractivity contribution in [1.82, 2.24) is 4.57 Å². The van der Waals surface area contributed by atoms with Gasteiger partial charge in [-0.2, -0.15) is 0 Å². The van der Waals surface area contributed by atoms with Crippen LogP contribution < -0.4 is 5.56 Å². The second kappa shape index (κ2) is 6.98. The zero-order valence-electron chi connectivity index (χ0n) is 13.6. The fourth-order valence-electron chi connectivity index (χ4n) is 2.66. The first-order valence-corrected chi connectivity index (χ1v) is 8.85. The number of ether oxygens (including phenoxy) is 1. The predicted octanol–water partition coefficient (Wildman–Crippen LogP) is 4.39. The molecule has 1 aromatic carbocycles. The van der Waals surface area contributed by atoms with Gasteiger partial charge in [-0.05, 0) is 37.6 Å². The first-order valence-electron chi connectivity index (χ1n) is 7.66. The van der Waals surface area contributed by atoms with Gasteiger partial charge in [-0.3, -0.25) is 9.36 Å². The highest BCUT2D eigenvalue weighted by Gasteiger charge is 2.23. The van der Waals surface area contributed by atoms with Crippen LogP contribution in [-0.2, 0) is 11.3 Å². The van der Waals surface area contributed by atoms with Crippen molar-refractivity contribution in [3.63, 3.8) is 0 Å². The van der Waals surface area contributed by atoms with Crippen molar-refractivity contribution in [3.8, 4) is 0 Å². The molecule has 4 nitrogen and oxygen atoms in total. The van der Waals surface area contributed by atoms with E-state index < -0.39 is 11.5 Å². The maximum absolute atomic E-state index is 13.5. The number of fused-ring (bicyclic) bond motifs is 1. The van der Waals surface area contributed by atoms with E-state index in [9.17, 15) is 14.0 Å². The molecule has 0 aliphatic heterocycles. The molecule has 0 aliphatic rings. The van der Waals surface area contributed by atoms with Gasteiger partial charge in [0.15, 0.2) is 0 Å². The number of benzene rings is 1. The SMILES string of the molecule is CCOC(=O)c1c(Cl)c2cc(C)sc2n(Cc2cccc(F)c2)c1=O. The lowest BCUT2D eigenvalue weighted by molar-refractivity contribution is 0.0524. The molecule has 25 heavy (non-hydrogen) atoms. The van der Waals surface area contributed by atoms with Crippen LogP contribution in [-0.4, -0.2) is 17.1 Å². The van der Waals surface area contributed by atoms with Crippen LogP contribution >= 0.6 is 22.9 Å². The summed E-state index contributed by atoms with van der Waals surface area (Å²) in [7, 11) is 0. The molecule has 0 fully saturated rings. The molecule has 0 unspecified atom stereocenters. The molecule has 3 rings (SSSR count). The van der Waals surface area contributed by atoms with Crippen molar-refractivity contribution >= 4 is 39.1 Å². The van der Waals surface area contributed by atoms with Gasteiger partial charge in [-0.15, -0.1) is 11.3 Å². The lowest BCUT2D eigenvalue weighted by Gasteiger charge is -2.12. The Morgan fingerprint density at radius 2 is 2.12 bits per heavy atom. The molecule has 0 bridgehead atoms. The maximum Gasteiger partial charge on any atom is 0.345 e. The van der Waals surface area contributed by atoms with Crippen LogP contribution in [0, 0.1) is 12.7 Å². The highest BCUT2D eigenvalue weighted by atomic mass is 35.5. The molecule has 2 aromatic heterocycles. The molecule has 7 heteroatoms. The monoisotopic (exact) mass is 379 g/mol. The highest BCUT2D eigenvalue weighted by molar-refractivity contribution is 7.18. The second-order valence-corrected chi connectivity index (χ2v) is 7.12. The molecule has 0 saturated carbocycles. The van der Waals surface area contributed by atoms with Crippen molar-refractivity contribution in [1.29, 1.82) is 0 Å². The Kier molecular flexibility index (Phi) is 4.92. The van der Waals surface area contributed by atoms with E-state index in [0.717, 1.165) is 4.88 Å². The minimum absolute atomic E-state index is 0.0956. The van der Waals surface area contributed by atoms with Gasteiger partial charge in [-0.25, -0.2) is 9.18 Å². The number of esters is 1. The van der Waals surface area contributed by atoms with Crippen molar-refractivity contribution in [2.45, 2.75) is 20.4 Å². The minimum Gasteiger partial charge on any atom is -0.462 e. The summed E-state index contributed by atoms with van der Waals surface area (Å²) in [5.74, 6) is -1.14. The Morgan fingerprint density at radius 1 is 1.36 bits per heavy atom. The summed E-state index contributed by atoms with van der Waals surface area (Å²) in [4.78, 5) is 26.7. The van der Waals surface area contributed by atoms with Crippen LogP contribution in [0.5, 0.6) is 0 Å². The third-order valence-electron chi connectivity index (χ3n) is 3.71. The molecule has 3 aromatic rings. The maximum atomic E-state index is 13.5. The summed E-state index contributed by atoms with van der Waals surface area (Å²) >= 11 is 7.72. The van der Waals surface area contributed by atoms with E-state index >= 15 is 0 Å². The number of nitrogens with zero attached hydrogens (tertiary/aromatic N) is 1. The quantitative estimate of drug-likeness (QED) is 0.632. The van der Waals surface area contributed by atoms with Gasteiger partial charge in [0.2, 0.25) is 0 Å². The van der Waals surface area contributed by atoms with E-state index in [1.54, 1.807) is 19.1 Å². The molecule has 0 amide bonds. The lowest BCUT2D eigenvalue weighted by atomic mass is 10.2. The van der Waals surface area contributed by atoms with Crippen LogP contribution in [0.4, 0.5) is 4.39 Å². The van der Waals surface area contributed by atoms with Gasteiger partial charge < -0.3 is 4.74 Å². The van der Waals surface area contributed by atoms with Crippen molar-refractivity contribution in [2.75, 3.05) is 6.61 Å². The highest BCUT2D eigenvalue weighted by Crippen LogP contribution is 2.32. The van der Waals surface area contributed by atoms with Crippen LogP contribution in [0.1, 0.15) is 27.7 Å². The minimum atomic E-state index is -0.753. The van der Waals surface area contributed by atoms with Gasteiger partial charge in [-0.1, -0.05) is 23.7 Å². The number of hydrogen-bond acceptors (Lipinski definition) is 4.